The van der Waals surface area contributed by atoms with Crippen LogP contribution >= 0.6 is 11.6 Å². The first-order valence-corrected chi connectivity index (χ1v) is 4.67. The molecule has 0 saturated heterocycles. The minimum absolute atomic E-state index is 0.100. The summed E-state index contributed by atoms with van der Waals surface area (Å²) in [6, 6.07) is 1.75. The topological polar surface area (TPSA) is 59.4 Å². The van der Waals surface area contributed by atoms with Gasteiger partial charge in [0.1, 0.15) is 11.4 Å². The molecule has 13 heavy (non-hydrogen) atoms. The van der Waals surface area contributed by atoms with Crippen LogP contribution in [0.25, 0.3) is 0 Å². The van der Waals surface area contributed by atoms with E-state index in [9.17, 15) is 5.11 Å². The van der Waals surface area contributed by atoms with Crippen LogP contribution in [0.15, 0.2) is 10.5 Å². The third-order valence-corrected chi connectivity index (χ3v) is 3.01. The Bertz CT molecular complexity index is 336. The molecule has 4 heteroatoms. The second-order valence-electron chi connectivity index (χ2n) is 3.64. The molecule has 3 N–H and O–H groups in total. The molecule has 3 nitrogen and oxygen atoms in total. The molecule has 2 atom stereocenters. The van der Waals surface area contributed by atoms with Gasteiger partial charge in [0.25, 0.3) is 0 Å². The summed E-state index contributed by atoms with van der Waals surface area (Å²) < 4.78 is 5.24. The quantitative estimate of drug-likeness (QED) is 0.720. The molecule has 2 rings (SSSR count). The molecule has 72 valence electrons. The molecule has 1 aromatic heterocycles. The van der Waals surface area contributed by atoms with Gasteiger partial charge in [-0.2, -0.15) is 0 Å². The number of hydrogen-bond donors (Lipinski definition) is 2. The minimum atomic E-state index is -1.03. The van der Waals surface area contributed by atoms with Gasteiger partial charge in [-0.25, -0.2) is 0 Å². The largest absolute Gasteiger partial charge is 0.446 e. The van der Waals surface area contributed by atoms with Crippen LogP contribution in [0.5, 0.6) is 0 Å². The number of halogens is 1. The third kappa shape index (κ3) is 1.11. The van der Waals surface area contributed by atoms with Crippen molar-refractivity contribution in [2.75, 3.05) is 6.54 Å². The number of hydrogen-bond acceptors (Lipinski definition) is 3. The average molecular weight is 202 g/mol. The summed E-state index contributed by atoms with van der Waals surface area (Å²) in [6.45, 7) is 2.13. The Morgan fingerprint density at radius 3 is 3.15 bits per heavy atom. The van der Waals surface area contributed by atoms with Crippen LogP contribution in [0.4, 0.5) is 0 Å². The standard InChI is InChI=1S/C9H12ClNO2/c1-5-2-6-3-7(10)13-8(6)9(5,12)4-11/h3,5,12H,2,4,11H2,1H3. The number of furan rings is 1. The van der Waals surface area contributed by atoms with Gasteiger partial charge in [-0.1, -0.05) is 6.92 Å². The van der Waals surface area contributed by atoms with E-state index >= 15 is 0 Å². The van der Waals surface area contributed by atoms with E-state index in [1.165, 1.54) is 0 Å². The van der Waals surface area contributed by atoms with E-state index in [2.05, 4.69) is 0 Å². The second-order valence-corrected chi connectivity index (χ2v) is 4.01. The van der Waals surface area contributed by atoms with Gasteiger partial charge in [-0.05, 0) is 35.6 Å². The fourth-order valence-electron chi connectivity index (χ4n) is 1.93. The highest BCUT2D eigenvalue weighted by Crippen LogP contribution is 2.43. The van der Waals surface area contributed by atoms with Gasteiger partial charge >= 0.3 is 0 Å². The monoisotopic (exact) mass is 201 g/mol. The first-order chi connectivity index (χ1) is 6.08. The van der Waals surface area contributed by atoms with Gasteiger partial charge in [0.15, 0.2) is 5.22 Å². The van der Waals surface area contributed by atoms with Crippen LogP contribution in [0.3, 0.4) is 0 Å². The van der Waals surface area contributed by atoms with Crippen molar-refractivity contribution in [3.8, 4) is 0 Å². The van der Waals surface area contributed by atoms with E-state index in [1.807, 2.05) is 6.92 Å². The summed E-state index contributed by atoms with van der Waals surface area (Å²) in [5.74, 6) is 0.649. The van der Waals surface area contributed by atoms with Crippen LogP contribution in [-0.2, 0) is 12.0 Å². The molecule has 1 aliphatic rings. The molecule has 0 spiro atoms. The van der Waals surface area contributed by atoms with Gasteiger partial charge in [0, 0.05) is 6.54 Å². The summed E-state index contributed by atoms with van der Waals surface area (Å²) in [5, 5.41) is 10.5. The molecule has 1 heterocycles. The van der Waals surface area contributed by atoms with E-state index in [1.54, 1.807) is 6.07 Å². The minimum Gasteiger partial charge on any atom is -0.446 e. The normalized spacial score (nSPS) is 32.2. The van der Waals surface area contributed by atoms with E-state index in [0.29, 0.717) is 11.0 Å². The summed E-state index contributed by atoms with van der Waals surface area (Å²) in [5.41, 5.74) is 5.48. The van der Waals surface area contributed by atoms with Crippen molar-refractivity contribution in [1.82, 2.24) is 0 Å². The Morgan fingerprint density at radius 2 is 2.54 bits per heavy atom. The Kier molecular flexibility index (Phi) is 1.91. The molecular weight excluding hydrogens is 190 g/mol. The first kappa shape index (κ1) is 9.06. The van der Waals surface area contributed by atoms with E-state index in [4.69, 9.17) is 21.8 Å². The fraction of sp³-hybridized carbons (Fsp3) is 0.556. The van der Waals surface area contributed by atoms with Crippen LogP contribution in [-0.4, -0.2) is 11.7 Å². The smallest absolute Gasteiger partial charge is 0.193 e. The molecule has 1 aromatic rings. The predicted molar refractivity (Wildman–Crippen MR) is 49.5 cm³/mol. The van der Waals surface area contributed by atoms with Gasteiger partial charge in [-0.15, -0.1) is 0 Å². The SMILES string of the molecule is CC1Cc2cc(Cl)oc2C1(O)CN. The molecule has 2 unspecified atom stereocenters. The zero-order valence-corrected chi connectivity index (χ0v) is 8.14. The summed E-state index contributed by atoms with van der Waals surface area (Å²) >= 11 is 5.69. The molecule has 0 saturated carbocycles. The second kappa shape index (κ2) is 2.74. The highest BCUT2D eigenvalue weighted by Gasteiger charge is 2.45. The lowest BCUT2D eigenvalue weighted by Gasteiger charge is -2.24. The summed E-state index contributed by atoms with van der Waals surface area (Å²) in [4.78, 5) is 0. The predicted octanol–water partition coefficient (Wildman–Crippen LogP) is 1.27. The summed E-state index contributed by atoms with van der Waals surface area (Å²) in [7, 11) is 0. The number of aliphatic hydroxyl groups is 1. The average Bonchev–Trinajstić information content (AvgIpc) is 2.53. The van der Waals surface area contributed by atoms with E-state index in [-0.39, 0.29) is 12.5 Å². The summed E-state index contributed by atoms with van der Waals surface area (Å²) in [6.07, 6.45) is 0.777. The van der Waals surface area contributed by atoms with Crippen LogP contribution in [0.2, 0.25) is 5.22 Å². The van der Waals surface area contributed by atoms with E-state index < -0.39 is 5.60 Å². The molecule has 0 amide bonds. The highest BCUT2D eigenvalue weighted by molar-refractivity contribution is 6.28. The fourth-order valence-corrected chi connectivity index (χ4v) is 2.14. The van der Waals surface area contributed by atoms with Gasteiger partial charge < -0.3 is 15.3 Å². The van der Waals surface area contributed by atoms with Crippen molar-refractivity contribution in [1.29, 1.82) is 0 Å². The Morgan fingerprint density at radius 1 is 1.85 bits per heavy atom. The molecule has 1 aliphatic carbocycles. The van der Waals surface area contributed by atoms with Crippen molar-refractivity contribution in [2.45, 2.75) is 18.9 Å². The molecule has 0 aromatic carbocycles. The van der Waals surface area contributed by atoms with Crippen molar-refractivity contribution >= 4 is 11.6 Å². The van der Waals surface area contributed by atoms with Crippen LogP contribution in [0, 0.1) is 5.92 Å². The molecule has 0 radical (unpaired) electrons. The zero-order valence-electron chi connectivity index (χ0n) is 7.38. The number of nitrogens with two attached hydrogens (primary N) is 1. The Hall–Kier alpha value is -0.510. The Labute approximate surface area is 81.5 Å². The lowest BCUT2D eigenvalue weighted by molar-refractivity contribution is -0.0132. The Balaban J connectivity index is 2.50. The van der Waals surface area contributed by atoms with Gasteiger partial charge in [0.05, 0.1) is 0 Å². The lowest BCUT2D eigenvalue weighted by Crippen LogP contribution is -2.37. The molecule has 0 bridgehead atoms. The van der Waals surface area contributed by atoms with Crippen LogP contribution < -0.4 is 5.73 Å². The maximum atomic E-state index is 10.2. The third-order valence-electron chi connectivity index (χ3n) is 2.82. The number of fused-ring (bicyclic) bond motifs is 1. The van der Waals surface area contributed by atoms with E-state index in [0.717, 1.165) is 12.0 Å². The van der Waals surface area contributed by atoms with Crippen molar-refractivity contribution in [2.24, 2.45) is 11.7 Å². The van der Waals surface area contributed by atoms with Gasteiger partial charge in [0.2, 0.25) is 0 Å². The van der Waals surface area contributed by atoms with Crippen molar-refractivity contribution in [3.63, 3.8) is 0 Å². The van der Waals surface area contributed by atoms with Crippen molar-refractivity contribution in [3.05, 3.63) is 22.6 Å². The van der Waals surface area contributed by atoms with Gasteiger partial charge in [-0.3, -0.25) is 0 Å². The zero-order chi connectivity index (χ0) is 9.64. The highest BCUT2D eigenvalue weighted by atomic mass is 35.5. The molecular formula is C9H12ClNO2. The molecule has 0 aliphatic heterocycles. The van der Waals surface area contributed by atoms with Crippen molar-refractivity contribution < 1.29 is 9.52 Å². The first-order valence-electron chi connectivity index (χ1n) is 4.29. The maximum Gasteiger partial charge on any atom is 0.193 e. The number of rotatable bonds is 1. The van der Waals surface area contributed by atoms with Crippen LogP contribution in [0.1, 0.15) is 18.2 Å². The maximum absolute atomic E-state index is 10.2. The lowest BCUT2D eigenvalue weighted by atomic mass is 9.92. The molecule has 0 fully saturated rings.